The summed E-state index contributed by atoms with van der Waals surface area (Å²) < 4.78 is 3.23. The number of hydrogen-bond acceptors (Lipinski definition) is 2. The van der Waals surface area contributed by atoms with Gasteiger partial charge in [0.1, 0.15) is 0 Å². The molecule has 4 heteroatoms. The molecule has 2 heterocycles. The van der Waals surface area contributed by atoms with Crippen molar-refractivity contribution in [3.63, 3.8) is 0 Å². The normalized spacial score (nSPS) is 15.2. The Morgan fingerprint density at radius 2 is 0.968 bits per heavy atom. The molecule has 0 N–H and O–H groups in total. The van der Waals surface area contributed by atoms with E-state index in [4.69, 9.17) is 0 Å². The van der Waals surface area contributed by atoms with Crippen molar-refractivity contribution in [1.29, 1.82) is 0 Å². The summed E-state index contributed by atoms with van der Waals surface area (Å²) >= 11 is 0. The van der Waals surface area contributed by atoms with Crippen LogP contribution in [0.1, 0.15) is 28.7 Å². The van der Waals surface area contributed by atoms with Gasteiger partial charge in [0.2, 0.25) is 0 Å². The molecule has 4 aliphatic carbocycles. The number of allylic oxidation sites excluding steroid dienone is 2. The van der Waals surface area contributed by atoms with Crippen LogP contribution in [-0.2, 0) is 25.9 Å². The smallest absolute Gasteiger partial charge is 0.267 e. The van der Waals surface area contributed by atoms with E-state index in [1.165, 1.54) is 11.1 Å². The van der Waals surface area contributed by atoms with E-state index < -0.39 is 0 Å². The van der Waals surface area contributed by atoms with Gasteiger partial charge in [-0.1, -0.05) is 60.7 Å². The van der Waals surface area contributed by atoms with E-state index in [0.717, 1.165) is 41.5 Å². The molecule has 0 fully saturated rings. The second-order valence-electron chi connectivity index (χ2n) is 8.48. The third kappa shape index (κ3) is 2.90. The minimum Gasteiger partial charge on any atom is -0.267 e. The van der Waals surface area contributed by atoms with Gasteiger partial charge in [0.25, 0.3) is 11.1 Å². The van der Waals surface area contributed by atoms with Crippen LogP contribution in [0.2, 0.25) is 0 Å². The van der Waals surface area contributed by atoms with Crippen molar-refractivity contribution in [2.45, 2.75) is 32.4 Å². The van der Waals surface area contributed by atoms with Crippen LogP contribution in [0.4, 0.5) is 0 Å². The molecule has 0 amide bonds. The first-order chi connectivity index (χ1) is 15.2. The molecule has 0 unspecified atom stereocenters. The molecule has 0 saturated heterocycles. The monoisotopic (exact) mass is 406 g/mol. The highest BCUT2D eigenvalue weighted by atomic mass is 16.2. The fourth-order valence-corrected chi connectivity index (χ4v) is 4.93. The Bertz CT molecular complexity index is 1360. The fourth-order valence-electron chi connectivity index (χ4n) is 4.93. The average molecular weight is 406 g/mol. The van der Waals surface area contributed by atoms with Crippen LogP contribution in [-0.4, -0.2) is 9.36 Å². The molecule has 152 valence electrons. The molecular formula is C27H22N2O2. The molecule has 0 spiro atoms. The molecule has 5 aliphatic rings. The predicted molar refractivity (Wildman–Crippen MR) is 124 cm³/mol. The van der Waals surface area contributed by atoms with E-state index in [0.29, 0.717) is 23.9 Å². The number of hydrogen-bond donors (Lipinski definition) is 0. The van der Waals surface area contributed by atoms with Crippen molar-refractivity contribution in [1.82, 2.24) is 9.36 Å². The van der Waals surface area contributed by atoms with Crippen molar-refractivity contribution in [3.8, 4) is 0 Å². The Kier molecular flexibility index (Phi) is 4.06. The third-order valence-corrected chi connectivity index (χ3v) is 6.66. The van der Waals surface area contributed by atoms with Crippen LogP contribution in [0.25, 0.3) is 21.9 Å². The minimum atomic E-state index is -0.114. The summed E-state index contributed by atoms with van der Waals surface area (Å²) in [6.07, 6.45) is 3.23. The van der Waals surface area contributed by atoms with Crippen LogP contribution in [0, 0.1) is 0 Å². The molecule has 0 radical (unpaired) electrons. The lowest BCUT2D eigenvalue weighted by atomic mass is 9.92. The molecular weight excluding hydrogens is 384 g/mol. The minimum absolute atomic E-state index is 0.114. The molecule has 0 saturated carbocycles. The molecule has 9 rings (SSSR count). The Labute approximate surface area is 179 Å². The first kappa shape index (κ1) is 18.1. The molecule has 31 heavy (non-hydrogen) atoms. The van der Waals surface area contributed by atoms with Gasteiger partial charge in [-0.05, 0) is 64.8 Å². The quantitative estimate of drug-likeness (QED) is 0.438. The Hall–Kier alpha value is -3.66. The molecule has 1 aliphatic heterocycles. The van der Waals surface area contributed by atoms with Gasteiger partial charge in [-0.25, -0.2) is 9.36 Å². The summed E-state index contributed by atoms with van der Waals surface area (Å²) in [4.78, 5) is 26.6. The first-order valence-electron chi connectivity index (χ1n) is 10.8. The van der Waals surface area contributed by atoms with E-state index in [9.17, 15) is 9.59 Å². The fraction of sp³-hybridized carbons (Fsp3) is 0.185. The number of aryl methyl sites for hydroxylation is 2. The van der Waals surface area contributed by atoms with Gasteiger partial charge < -0.3 is 0 Å². The number of fused-ring (bicyclic) bond motifs is 2. The Morgan fingerprint density at radius 3 is 1.39 bits per heavy atom. The molecule has 3 aromatic carbocycles. The maximum Gasteiger partial charge on any atom is 0.273 e. The van der Waals surface area contributed by atoms with Crippen molar-refractivity contribution in [2.75, 3.05) is 0 Å². The van der Waals surface area contributed by atoms with Crippen LogP contribution in [0.15, 0.2) is 82.4 Å². The van der Waals surface area contributed by atoms with E-state index in [-0.39, 0.29) is 11.1 Å². The van der Waals surface area contributed by atoms with Crippen LogP contribution in [0.5, 0.6) is 0 Å². The highest BCUT2D eigenvalue weighted by Crippen LogP contribution is 2.32. The SMILES string of the molecule is O=c1c2ccccc2c(=O)n2n1CC1=C(C2)c2ccc(cc2)CCCc2ccc1cc2. The zero-order valence-electron chi connectivity index (χ0n) is 17.2. The molecule has 4 aromatic rings. The topological polar surface area (TPSA) is 44.0 Å². The average Bonchev–Trinajstić information content (AvgIpc) is 2.85. The van der Waals surface area contributed by atoms with Gasteiger partial charge in [-0.15, -0.1) is 0 Å². The van der Waals surface area contributed by atoms with E-state index >= 15 is 0 Å². The standard InChI is InChI=1S/C27H22N2O2/c30-26-22-6-1-2-7-23(22)27(31)29-17-25-21-14-10-19(11-15-21)5-3-4-18-8-12-20(13-9-18)24(25)16-28(26)29/h1-2,6-15H,3-5,16-17H2. The van der Waals surface area contributed by atoms with Crippen molar-refractivity contribution >= 4 is 21.9 Å². The van der Waals surface area contributed by atoms with Crippen LogP contribution < -0.4 is 11.1 Å². The number of benzene rings is 3. The highest BCUT2D eigenvalue weighted by Gasteiger charge is 2.24. The van der Waals surface area contributed by atoms with Crippen molar-refractivity contribution in [2.24, 2.45) is 0 Å². The van der Waals surface area contributed by atoms with E-state index in [1.54, 1.807) is 21.5 Å². The summed E-state index contributed by atoms with van der Waals surface area (Å²) in [5.74, 6) is 0. The summed E-state index contributed by atoms with van der Waals surface area (Å²) in [5.41, 5.74) is 6.87. The second kappa shape index (κ2) is 6.95. The van der Waals surface area contributed by atoms with E-state index in [2.05, 4.69) is 48.5 Å². The van der Waals surface area contributed by atoms with Crippen LogP contribution >= 0.6 is 0 Å². The van der Waals surface area contributed by atoms with Gasteiger partial charge in [0.15, 0.2) is 0 Å². The third-order valence-electron chi connectivity index (χ3n) is 6.66. The maximum atomic E-state index is 13.3. The van der Waals surface area contributed by atoms with Crippen molar-refractivity contribution < 1.29 is 0 Å². The Balaban J connectivity index is 1.63. The van der Waals surface area contributed by atoms with E-state index in [1.807, 2.05) is 12.1 Å². The maximum absolute atomic E-state index is 13.3. The Morgan fingerprint density at radius 1 is 0.548 bits per heavy atom. The summed E-state index contributed by atoms with van der Waals surface area (Å²) in [5, 5.41) is 0.967. The molecule has 4 bridgehead atoms. The summed E-state index contributed by atoms with van der Waals surface area (Å²) in [7, 11) is 0. The van der Waals surface area contributed by atoms with Crippen molar-refractivity contribution in [3.05, 3.63) is 116 Å². The number of nitrogens with zero attached hydrogens (tertiary/aromatic N) is 2. The van der Waals surface area contributed by atoms with Gasteiger partial charge >= 0.3 is 0 Å². The predicted octanol–water partition coefficient (Wildman–Crippen LogP) is 4.28. The van der Waals surface area contributed by atoms with Gasteiger partial charge in [-0.3, -0.25) is 9.59 Å². The second-order valence-corrected chi connectivity index (χ2v) is 8.48. The first-order valence-corrected chi connectivity index (χ1v) is 10.8. The lowest BCUT2D eigenvalue weighted by Gasteiger charge is -2.27. The number of rotatable bonds is 0. The van der Waals surface area contributed by atoms with Gasteiger partial charge in [0.05, 0.1) is 23.9 Å². The summed E-state index contributed by atoms with van der Waals surface area (Å²) in [6, 6.07) is 24.5. The molecule has 1 aromatic heterocycles. The highest BCUT2D eigenvalue weighted by molar-refractivity contribution is 5.92. The zero-order chi connectivity index (χ0) is 20.9. The zero-order valence-corrected chi connectivity index (χ0v) is 17.2. The lowest BCUT2D eigenvalue weighted by molar-refractivity contribution is 0.479. The summed E-state index contributed by atoms with van der Waals surface area (Å²) in [6.45, 7) is 0.769. The molecule has 0 atom stereocenters. The number of aromatic nitrogens is 2. The largest absolute Gasteiger partial charge is 0.273 e. The van der Waals surface area contributed by atoms with Gasteiger partial charge in [0, 0.05) is 0 Å². The van der Waals surface area contributed by atoms with Gasteiger partial charge in [-0.2, -0.15) is 0 Å². The molecule has 4 nitrogen and oxygen atoms in total. The van der Waals surface area contributed by atoms with Crippen LogP contribution in [0.3, 0.4) is 0 Å². The lowest BCUT2D eigenvalue weighted by Crippen LogP contribution is -2.41.